The van der Waals surface area contributed by atoms with Crippen LogP contribution < -0.4 is 4.90 Å². The highest BCUT2D eigenvalue weighted by Gasteiger charge is 2.30. The number of thiazole rings is 1. The van der Waals surface area contributed by atoms with Crippen LogP contribution in [-0.4, -0.2) is 35.9 Å². The van der Waals surface area contributed by atoms with Crippen molar-refractivity contribution in [2.75, 3.05) is 18.6 Å². The first-order valence-corrected chi connectivity index (χ1v) is 8.02. The summed E-state index contributed by atoms with van der Waals surface area (Å²) in [6, 6.07) is 10.4. The number of benzene rings is 1. The molecule has 1 aromatic heterocycles. The van der Waals surface area contributed by atoms with Gasteiger partial charge in [-0.3, -0.25) is 0 Å². The van der Waals surface area contributed by atoms with E-state index >= 15 is 0 Å². The van der Waals surface area contributed by atoms with E-state index in [1.54, 1.807) is 11.3 Å². The molecule has 2 aromatic rings. The highest BCUT2D eigenvalue weighted by atomic mass is 32.1. The molecule has 1 aliphatic rings. The lowest BCUT2D eigenvalue weighted by Gasteiger charge is -2.26. The van der Waals surface area contributed by atoms with Crippen LogP contribution in [-0.2, 0) is 11.3 Å². The van der Waals surface area contributed by atoms with Crippen molar-refractivity contribution in [2.45, 2.75) is 32.1 Å². The molecule has 5 heteroatoms. The minimum Gasteiger partial charge on any atom is -0.391 e. The molecule has 1 fully saturated rings. The van der Waals surface area contributed by atoms with Crippen molar-refractivity contribution in [3.05, 3.63) is 35.2 Å². The third-order valence-electron chi connectivity index (χ3n) is 4.01. The summed E-state index contributed by atoms with van der Waals surface area (Å²) in [7, 11) is 2.06. The van der Waals surface area contributed by atoms with Crippen molar-refractivity contribution in [3.8, 4) is 11.3 Å². The Hall–Kier alpha value is -1.43. The van der Waals surface area contributed by atoms with Gasteiger partial charge in [0.25, 0.3) is 0 Å². The van der Waals surface area contributed by atoms with Gasteiger partial charge in [0, 0.05) is 19.2 Å². The molecule has 1 N–H and O–H groups in total. The molecule has 21 heavy (non-hydrogen) atoms. The topological polar surface area (TPSA) is 45.6 Å². The van der Waals surface area contributed by atoms with Gasteiger partial charge in [0.2, 0.25) is 0 Å². The van der Waals surface area contributed by atoms with E-state index in [0.717, 1.165) is 34.3 Å². The molecule has 0 radical (unpaired) electrons. The molecule has 112 valence electrons. The Balaban J connectivity index is 1.92. The maximum Gasteiger partial charge on any atom is 0.186 e. The number of aromatic nitrogens is 1. The SMILES string of the molecule is CC1OCCC1N(C)c1nc(-c2ccccc2)c(CO)s1. The Morgan fingerprint density at radius 1 is 1.38 bits per heavy atom. The largest absolute Gasteiger partial charge is 0.391 e. The molecule has 3 rings (SSSR count). The average molecular weight is 304 g/mol. The van der Waals surface area contributed by atoms with Crippen molar-refractivity contribution >= 4 is 16.5 Å². The summed E-state index contributed by atoms with van der Waals surface area (Å²) in [5, 5.41) is 10.6. The second-order valence-electron chi connectivity index (χ2n) is 5.34. The molecule has 2 atom stereocenters. The zero-order chi connectivity index (χ0) is 14.8. The fraction of sp³-hybridized carbons (Fsp3) is 0.438. The van der Waals surface area contributed by atoms with Gasteiger partial charge in [-0.05, 0) is 13.3 Å². The van der Waals surface area contributed by atoms with Crippen LogP contribution in [0.5, 0.6) is 0 Å². The van der Waals surface area contributed by atoms with Crippen LogP contribution in [0.1, 0.15) is 18.2 Å². The number of aliphatic hydroxyl groups is 1. The first kappa shape index (κ1) is 14.5. The third-order valence-corrected chi connectivity index (χ3v) is 5.14. The van der Waals surface area contributed by atoms with E-state index in [9.17, 15) is 5.11 Å². The third kappa shape index (κ3) is 2.81. The molecule has 0 saturated carbocycles. The Morgan fingerprint density at radius 3 is 2.76 bits per heavy atom. The fourth-order valence-electron chi connectivity index (χ4n) is 2.79. The highest BCUT2D eigenvalue weighted by Crippen LogP contribution is 2.35. The fourth-order valence-corrected chi connectivity index (χ4v) is 3.75. The normalized spacial score (nSPS) is 21.7. The van der Waals surface area contributed by atoms with Crippen LogP contribution in [0.3, 0.4) is 0 Å². The summed E-state index contributed by atoms with van der Waals surface area (Å²) in [5.41, 5.74) is 1.93. The van der Waals surface area contributed by atoms with Crippen molar-refractivity contribution in [1.82, 2.24) is 4.98 Å². The van der Waals surface area contributed by atoms with E-state index in [4.69, 9.17) is 9.72 Å². The van der Waals surface area contributed by atoms with Gasteiger partial charge in [-0.15, -0.1) is 0 Å². The summed E-state index contributed by atoms with van der Waals surface area (Å²) in [5.74, 6) is 0. The van der Waals surface area contributed by atoms with Crippen LogP contribution in [0.15, 0.2) is 30.3 Å². The Bertz CT molecular complexity index is 600. The van der Waals surface area contributed by atoms with Gasteiger partial charge in [-0.1, -0.05) is 41.7 Å². The zero-order valence-electron chi connectivity index (χ0n) is 12.3. The molecule has 2 heterocycles. The number of likely N-dealkylation sites (N-methyl/N-ethyl adjacent to an activating group) is 1. The average Bonchev–Trinajstić information content (AvgIpc) is 3.13. The van der Waals surface area contributed by atoms with Crippen molar-refractivity contribution < 1.29 is 9.84 Å². The maximum atomic E-state index is 9.62. The summed E-state index contributed by atoms with van der Waals surface area (Å²) >= 11 is 1.56. The Labute approximate surface area is 129 Å². The van der Waals surface area contributed by atoms with Crippen LogP contribution in [0.25, 0.3) is 11.3 Å². The predicted octanol–water partition coefficient (Wildman–Crippen LogP) is 2.92. The van der Waals surface area contributed by atoms with Crippen LogP contribution in [0.2, 0.25) is 0 Å². The Kier molecular flexibility index (Phi) is 4.24. The zero-order valence-corrected chi connectivity index (χ0v) is 13.1. The van der Waals surface area contributed by atoms with E-state index in [1.165, 1.54) is 0 Å². The van der Waals surface area contributed by atoms with Crippen LogP contribution >= 0.6 is 11.3 Å². The second kappa shape index (κ2) is 6.13. The molecule has 0 spiro atoms. The van der Waals surface area contributed by atoms with Gasteiger partial charge in [0.15, 0.2) is 5.13 Å². The summed E-state index contributed by atoms with van der Waals surface area (Å²) < 4.78 is 5.64. The molecular weight excluding hydrogens is 284 g/mol. The standard InChI is InChI=1S/C16H20N2O2S/c1-11-13(8-9-20-11)18(2)16-17-15(14(10-19)21-16)12-6-4-3-5-7-12/h3-7,11,13,19H,8-10H2,1-2H3. The van der Waals surface area contributed by atoms with Gasteiger partial charge < -0.3 is 14.7 Å². The summed E-state index contributed by atoms with van der Waals surface area (Å²) in [4.78, 5) is 7.86. The molecule has 0 bridgehead atoms. The van der Waals surface area contributed by atoms with Crippen LogP contribution in [0, 0.1) is 0 Å². The molecular formula is C16H20N2O2S. The van der Waals surface area contributed by atoms with E-state index in [0.29, 0.717) is 6.04 Å². The highest BCUT2D eigenvalue weighted by molar-refractivity contribution is 7.16. The van der Waals surface area contributed by atoms with Gasteiger partial charge in [0.05, 0.1) is 29.3 Å². The van der Waals surface area contributed by atoms with Gasteiger partial charge in [0.1, 0.15) is 0 Å². The number of nitrogens with zero attached hydrogens (tertiary/aromatic N) is 2. The van der Waals surface area contributed by atoms with E-state index in [-0.39, 0.29) is 12.7 Å². The number of rotatable bonds is 4. The molecule has 0 amide bonds. The molecule has 4 nitrogen and oxygen atoms in total. The predicted molar refractivity (Wildman–Crippen MR) is 85.7 cm³/mol. The van der Waals surface area contributed by atoms with Crippen LogP contribution in [0.4, 0.5) is 5.13 Å². The first-order chi connectivity index (χ1) is 10.2. The molecule has 2 unspecified atom stereocenters. The monoisotopic (exact) mass is 304 g/mol. The lowest BCUT2D eigenvalue weighted by molar-refractivity contribution is 0.118. The molecule has 1 saturated heterocycles. The smallest absolute Gasteiger partial charge is 0.186 e. The van der Waals surface area contributed by atoms with Gasteiger partial charge >= 0.3 is 0 Å². The Morgan fingerprint density at radius 2 is 2.14 bits per heavy atom. The number of hydrogen-bond acceptors (Lipinski definition) is 5. The second-order valence-corrected chi connectivity index (χ2v) is 6.40. The lowest BCUT2D eigenvalue weighted by atomic mass is 10.1. The first-order valence-electron chi connectivity index (χ1n) is 7.21. The van der Waals surface area contributed by atoms with Crippen molar-refractivity contribution in [1.29, 1.82) is 0 Å². The molecule has 1 aliphatic heterocycles. The number of hydrogen-bond donors (Lipinski definition) is 1. The minimum absolute atomic E-state index is 0.0203. The van der Waals surface area contributed by atoms with E-state index < -0.39 is 0 Å². The van der Waals surface area contributed by atoms with Crippen molar-refractivity contribution in [3.63, 3.8) is 0 Å². The molecule has 1 aromatic carbocycles. The maximum absolute atomic E-state index is 9.62. The minimum atomic E-state index is 0.0203. The lowest BCUT2D eigenvalue weighted by Crippen LogP contribution is -2.36. The number of ether oxygens (including phenoxy) is 1. The number of aliphatic hydroxyl groups excluding tert-OH is 1. The van der Waals surface area contributed by atoms with E-state index in [2.05, 4.69) is 18.9 Å². The van der Waals surface area contributed by atoms with Gasteiger partial charge in [-0.2, -0.15) is 0 Å². The van der Waals surface area contributed by atoms with Crippen molar-refractivity contribution in [2.24, 2.45) is 0 Å². The summed E-state index contributed by atoms with van der Waals surface area (Å²) in [6.07, 6.45) is 1.24. The quantitative estimate of drug-likeness (QED) is 0.943. The molecule has 0 aliphatic carbocycles. The van der Waals surface area contributed by atoms with E-state index in [1.807, 2.05) is 30.3 Å². The van der Waals surface area contributed by atoms with Gasteiger partial charge in [-0.25, -0.2) is 4.98 Å². The number of anilines is 1. The summed E-state index contributed by atoms with van der Waals surface area (Å²) in [6.45, 7) is 2.93.